The molecule has 0 spiro atoms. The molecule has 29 heavy (non-hydrogen) atoms. The van der Waals surface area contributed by atoms with E-state index in [4.69, 9.17) is 0 Å². The number of hydrogen-bond donors (Lipinski definition) is 0. The molecule has 0 saturated carbocycles. The summed E-state index contributed by atoms with van der Waals surface area (Å²) in [5.41, 5.74) is 5.91. The first kappa shape index (κ1) is 20.6. The van der Waals surface area contributed by atoms with Crippen molar-refractivity contribution in [1.29, 1.82) is 0 Å². The fourth-order valence-corrected chi connectivity index (χ4v) is 6.88. The van der Waals surface area contributed by atoms with Crippen LogP contribution < -0.4 is 0 Å². The van der Waals surface area contributed by atoms with Crippen LogP contribution in [0.2, 0.25) is 0 Å². The summed E-state index contributed by atoms with van der Waals surface area (Å²) >= 11 is 0. The number of unbranched alkanes of at least 4 members (excludes halogenated alkanes) is 1. The molecule has 0 aliphatic heterocycles. The van der Waals surface area contributed by atoms with Crippen LogP contribution in [0.15, 0.2) is 47.4 Å². The number of sulfonamides is 1. The van der Waals surface area contributed by atoms with Gasteiger partial charge in [0, 0.05) is 13.1 Å². The highest BCUT2D eigenvalue weighted by Gasteiger charge is 2.34. The third-order valence-corrected chi connectivity index (χ3v) is 8.97. The lowest BCUT2D eigenvalue weighted by molar-refractivity contribution is 0.328. The Bertz CT molecular complexity index is 949. The second-order valence-corrected chi connectivity index (χ2v) is 10.7. The SMILES string of the molecule is CCN(CCCCC1CCc2cccc3c2C1CC3)S(=O)(=O)c1ccc(C)cc1. The van der Waals surface area contributed by atoms with Crippen molar-refractivity contribution in [2.45, 2.75) is 69.6 Å². The van der Waals surface area contributed by atoms with Gasteiger partial charge in [0.25, 0.3) is 0 Å². The fraction of sp³-hybridized carbons (Fsp3) is 0.520. The quantitative estimate of drug-likeness (QED) is 0.540. The first-order valence-corrected chi connectivity index (χ1v) is 12.6. The van der Waals surface area contributed by atoms with E-state index in [0.717, 1.165) is 30.2 Å². The van der Waals surface area contributed by atoms with Crippen LogP contribution in [0.25, 0.3) is 0 Å². The molecule has 3 nitrogen and oxygen atoms in total. The molecule has 2 aromatic carbocycles. The van der Waals surface area contributed by atoms with Gasteiger partial charge in [-0.15, -0.1) is 0 Å². The second kappa shape index (κ2) is 8.61. The van der Waals surface area contributed by atoms with Gasteiger partial charge in [-0.25, -0.2) is 8.42 Å². The molecule has 0 aromatic heterocycles. The number of hydrogen-bond acceptors (Lipinski definition) is 2. The van der Waals surface area contributed by atoms with E-state index in [1.807, 2.05) is 26.0 Å². The highest BCUT2D eigenvalue weighted by Crippen LogP contribution is 2.47. The van der Waals surface area contributed by atoms with Gasteiger partial charge in [0.05, 0.1) is 4.90 Å². The van der Waals surface area contributed by atoms with E-state index in [0.29, 0.717) is 18.0 Å². The Kier molecular flexibility index (Phi) is 6.12. The van der Waals surface area contributed by atoms with Crippen molar-refractivity contribution >= 4 is 10.0 Å². The number of nitrogens with zero attached hydrogens (tertiary/aromatic N) is 1. The molecule has 0 heterocycles. The van der Waals surface area contributed by atoms with Crippen molar-refractivity contribution in [1.82, 2.24) is 4.31 Å². The summed E-state index contributed by atoms with van der Waals surface area (Å²) in [6, 6.07) is 14.1. The molecule has 0 fully saturated rings. The zero-order valence-electron chi connectivity index (χ0n) is 17.7. The molecule has 0 bridgehead atoms. The number of rotatable bonds is 8. The summed E-state index contributed by atoms with van der Waals surface area (Å²) in [5.74, 6) is 1.52. The minimum Gasteiger partial charge on any atom is -0.207 e. The Hall–Kier alpha value is -1.65. The molecular weight excluding hydrogens is 378 g/mol. The zero-order chi connectivity index (χ0) is 20.4. The van der Waals surface area contributed by atoms with Crippen LogP contribution in [-0.2, 0) is 22.9 Å². The predicted molar refractivity (Wildman–Crippen MR) is 119 cm³/mol. The maximum Gasteiger partial charge on any atom is 0.243 e. The monoisotopic (exact) mass is 411 g/mol. The van der Waals surface area contributed by atoms with E-state index in [1.54, 1.807) is 33.1 Å². The molecule has 2 unspecified atom stereocenters. The minimum absolute atomic E-state index is 0.410. The summed E-state index contributed by atoms with van der Waals surface area (Å²) in [6.07, 6.45) is 8.33. The topological polar surface area (TPSA) is 37.4 Å². The van der Waals surface area contributed by atoms with Crippen LogP contribution in [0.5, 0.6) is 0 Å². The van der Waals surface area contributed by atoms with Crippen LogP contribution >= 0.6 is 0 Å². The predicted octanol–water partition coefficient (Wildman–Crippen LogP) is 5.47. The summed E-state index contributed by atoms with van der Waals surface area (Å²) in [6.45, 7) is 5.06. The van der Waals surface area contributed by atoms with E-state index in [1.165, 1.54) is 32.1 Å². The molecule has 4 heteroatoms. The van der Waals surface area contributed by atoms with E-state index in [-0.39, 0.29) is 0 Å². The number of benzene rings is 2. The molecule has 2 aromatic rings. The molecule has 2 atom stereocenters. The van der Waals surface area contributed by atoms with Crippen LogP contribution in [0, 0.1) is 12.8 Å². The molecule has 156 valence electrons. The molecule has 2 aliphatic carbocycles. The van der Waals surface area contributed by atoms with Crippen molar-refractivity contribution in [3.63, 3.8) is 0 Å². The van der Waals surface area contributed by atoms with Gasteiger partial charge >= 0.3 is 0 Å². The highest BCUT2D eigenvalue weighted by atomic mass is 32.2. The van der Waals surface area contributed by atoms with Gasteiger partial charge in [-0.2, -0.15) is 4.31 Å². The molecule has 0 radical (unpaired) electrons. The molecule has 0 amide bonds. The van der Waals surface area contributed by atoms with E-state index < -0.39 is 10.0 Å². The average molecular weight is 412 g/mol. The van der Waals surface area contributed by atoms with E-state index in [2.05, 4.69) is 18.2 Å². The van der Waals surface area contributed by atoms with Gasteiger partial charge in [-0.05, 0) is 86.1 Å². The zero-order valence-corrected chi connectivity index (χ0v) is 18.5. The van der Waals surface area contributed by atoms with E-state index in [9.17, 15) is 8.42 Å². The Morgan fingerprint density at radius 1 is 0.966 bits per heavy atom. The summed E-state index contributed by atoms with van der Waals surface area (Å²) in [4.78, 5) is 0.410. The van der Waals surface area contributed by atoms with Crippen LogP contribution in [-0.4, -0.2) is 25.8 Å². The molecule has 0 N–H and O–H groups in total. The summed E-state index contributed by atoms with van der Waals surface area (Å²) in [7, 11) is -3.39. The molecule has 2 aliphatic rings. The largest absolute Gasteiger partial charge is 0.243 e. The summed E-state index contributed by atoms with van der Waals surface area (Å²) < 4.78 is 27.5. The third kappa shape index (κ3) is 4.15. The van der Waals surface area contributed by atoms with Crippen LogP contribution in [0.1, 0.15) is 67.2 Å². The van der Waals surface area contributed by atoms with Gasteiger partial charge in [0.2, 0.25) is 10.0 Å². The first-order valence-electron chi connectivity index (χ1n) is 11.2. The highest BCUT2D eigenvalue weighted by molar-refractivity contribution is 7.89. The lowest BCUT2D eigenvalue weighted by Crippen LogP contribution is -2.32. The van der Waals surface area contributed by atoms with Gasteiger partial charge in [0.1, 0.15) is 0 Å². The average Bonchev–Trinajstić information content (AvgIpc) is 3.16. The normalized spacial score (nSPS) is 20.8. The van der Waals surface area contributed by atoms with Gasteiger partial charge in [-0.3, -0.25) is 0 Å². The van der Waals surface area contributed by atoms with Gasteiger partial charge in [0.15, 0.2) is 0 Å². The lowest BCUT2D eigenvalue weighted by Gasteiger charge is -2.31. The van der Waals surface area contributed by atoms with Crippen LogP contribution in [0.3, 0.4) is 0 Å². The second-order valence-electron chi connectivity index (χ2n) is 8.74. The Balaban J connectivity index is 1.33. The molecule has 0 saturated heterocycles. The first-order chi connectivity index (χ1) is 14.0. The van der Waals surface area contributed by atoms with E-state index >= 15 is 0 Å². The van der Waals surface area contributed by atoms with Crippen molar-refractivity contribution in [3.05, 3.63) is 64.7 Å². The third-order valence-electron chi connectivity index (χ3n) is 6.98. The minimum atomic E-state index is -3.39. The van der Waals surface area contributed by atoms with Gasteiger partial charge < -0.3 is 0 Å². The van der Waals surface area contributed by atoms with Crippen molar-refractivity contribution < 1.29 is 8.42 Å². The van der Waals surface area contributed by atoms with Gasteiger partial charge in [-0.1, -0.05) is 49.2 Å². The summed E-state index contributed by atoms with van der Waals surface area (Å²) in [5, 5.41) is 0. The number of aryl methyl sites for hydroxylation is 3. The molecular formula is C25H33NO2S. The Labute approximate surface area is 176 Å². The Morgan fingerprint density at radius 3 is 2.34 bits per heavy atom. The van der Waals surface area contributed by atoms with Crippen molar-refractivity contribution in [3.8, 4) is 0 Å². The maximum absolute atomic E-state index is 12.9. The standard InChI is InChI=1S/C25H33NO2S/c1-3-26(29(27,28)23-15-10-19(2)11-16-23)18-5-4-7-20-12-13-21-8-6-9-22-14-17-24(20)25(21)22/h6,8-11,15-16,20,24H,3-5,7,12-14,17-18H2,1-2H3. The van der Waals surface area contributed by atoms with Crippen LogP contribution in [0.4, 0.5) is 0 Å². The lowest BCUT2D eigenvalue weighted by atomic mass is 9.74. The fourth-order valence-electron chi connectivity index (χ4n) is 5.40. The maximum atomic E-state index is 12.9. The van der Waals surface area contributed by atoms with Crippen molar-refractivity contribution in [2.24, 2.45) is 5.92 Å². The Morgan fingerprint density at radius 2 is 1.66 bits per heavy atom. The molecule has 4 rings (SSSR count). The van der Waals surface area contributed by atoms with Crippen molar-refractivity contribution in [2.75, 3.05) is 13.1 Å². The smallest absolute Gasteiger partial charge is 0.207 e.